The Morgan fingerprint density at radius 2 is 1.84 bits per heavy atom. The van der Waals surface area contributed by atoms with Gasteiger partial charge >= 0.3 is 11.9 Å². The summed E-state index contributed by atoms with van der Waals surface area (Å²) in [5.74, 6) is -2.44. The number of carboxylic acid groups (broad SMARTS) is 2. The van der Waals surface area contributed by atoms with Crippen LogP contribution in [-0.2, 0) is 20.6 Å². The van der Waals surface area contributed by atoms with E-state index in [0.29, 0.717) is 35.3 Å². The number of rotatable bonds is 10. The van der Waals surface area contributed by atoms with Crippen LogP contribution in [0.3, 0.4) is 0 Å². The number of sulfonamides is 1. The molecule has 1 aromatic heterocycles. The fourth-order valence-electron chi connectivity index (χ4n) is 4.35. The topological polar surface area (TPSA) is 133 Å². The van der Waals surface area contributed by atoms with Gasteiger partial charge in [-0.3, -0.25) is 0 Å². The summed E-state index contributed by atoms with van der Waals surface area (Å²) in [6, 6.07) is 15.0. The Hall–Kier alpha value is -2.93. The molecule has 12 heteroatoms. The largest absolute Gasteiger partial charge is 0.479 e. The van der Waals surface area contributed by atoms with Crippen LogP contribution in [0.5, 0.6) is 5.75 Å². The Balaban J connectivity index is 1.43. The third-order valence-electron chi connectivity index (χ3n) is 6.12. The van der Waals surface area contributed by atoms with Crippen molar-refractivity contribution >= 4 is 54.9 Å². The normalized spacial score (nSPS) is 14.8. The minimum absolute atomic E-state index is 0.0129. The lowest BCUT2D eigenvalue weighted by atomic mass is 10.1. The Morgan fingerprint density at radius 3 is 2.50 bits per heavy atom. The first-order valence-corrected chi connectivity index (χ1v) is 15.1. The SMILES string of the molecule is Cc1cccc(CS(=O)(=O)N2CCC(Nc3cccc(-c4sc(C(=O)O)c(OCC(=O)O)c4Br)c3)CC2)c1. The number of hydrogen-bond donors (Lipinski definition) is 3. The molecule has 2 aromatic carbocycles. The smallest absolute Gasteiger partial charge is 0.349 e. The first kappa shape index (κ1) is 28.1. The Labute approximate surface area is 233 Å². The van der Waals surface area contributed by atoms with Crippen LogP contribution in [0.1, 0.15) is 33.6 Å². The van der Waals surface area contributed by atoms with Gasteiger partial charge in [0.1, 0.15) is 0 Å². The quantitative estimate of drug-likeness (QED) is 0.286. The van der Waals surface area contributed by atoms with Gasteiger partial charge in [0, 0.05) is 24.8 Å². The molecule has 0 atom stereocenters. The van der Waals surface area contributed by atoms with Crippen LogP contribution in [0.4, 0.5) is 5.69 Å². The molecule has 0 aliphatic carbocycles. The summed E-state index contributed by atoms with van der Waals surface area (Å²) in [6.45, 7) is 2.13. The fraction of sp³-hybridized carbons (Fsp3) is 0.308. The zero-order chi connectivity index (χ0) is 27.4. The van der Waals surface area contributed by atoms with Crippen molar-refractivity contribution < 1.29 is 33.0 Å². The number of anilines is 1. The number of aliphatic carboxylic acids is 1. The van der Waals surface area contributed by atoms with Gasteiger partial charge in [-0.05, 0) is 59.0 Å². The molecule has 0 spiro atoms. The fourth-order valence-corrected chi connectivity index (χ4v) is 7.79. The number of benzene rings is 2. The molecule has 0 amide bonds. The number of aryl methyl sites for hydroxylation is 1. The van der Waals surface area contributed by atoms with Crippen LogP contribution in [0.2, 0.25) is 0 Å². The number of ether oxygens (including phenoxy) is 1. The summed E-state index contributed by atoms with van der Waals surface area (Å²) < 4.78 is 33.1. The summed E-state index contributed by atoms with van der Waals surface area (Å²) in [5.41, 5.74) is 3.36. The number of nitrogens with zero attached hydrogens (tertiary/aromatic N) is 1. The van der Waals surface area contributed by atoms with E-state index in [2.05, 4.69) is 21.2 Å². The highest BCUT2D eigenvalue weighted by Gasteiger charge is 2.29. The molecule has 202 valence electrons. The summed E-state index contributed by atoms with van der Waals surface area (Å²) >= 11 is 4.37. The number of thiophene rings is 1. The van der Waals surface area contributed by atoms with E-state index in [9.17, 15) is 23.1 Å². The molecule has 38 heavy (non-hydrogen) atoms. The lowest BCUT2D eigenvalue weighted by Gasteiger charge is -2.32. The summed E-state index contributed by atoms with van der Waals surface area (Å²) in [4.78, 5) is 23.1. The number of piperidine rings is 1. The average molecular weight is 624 g/mol. The molecule has 0 unspecified atom stereocenters. The average Bonchev–Trinajstić information content (AvgIpc) is 3.19. The molecule has 0 saturated carbocycles. The maximum atomic E-state index is 12.9. The van der Waals surface area contributed by atoms with Crippen LogP contribution in [-0.4, -0.2) is 60.6 Å². The van der Waals surface area contributed by atoms with E-state index in [0.717, 1.165) is 33.7 Å². The van der Waals surface area contributed by atoms with Gasteiger partial charge in [-0.1, -0.05) is 42.0 Å². The first-order valence-electron chi connectivity index (χ1n) is 11.8. The van der Waals surface area contributed by atoms with Crippen LogP contribution in [0, 0.1) is 6.92 Å². The second-order valence-electron chi connectivity index (χ2n) is 9.03. The number of aromatic carboxylic acids is 1. The zero-order valence-corrected chi connectivity index (χ0v) is 23.7. The van der Waals surface area contributed by atoms with Crippen molar-refractivity contribution in [3.05, 3.63) is 69.0 Å². The van der Waals surface area contributed by atoms with Gasteiger partial charge in [0.25, 0.3) is 0 Å². The predicted molar refractivity (Wildman–Crippen MR) is 150 cm³/mol. The molecule has 0 bridgehead atoms. The third-order valence-corrected chi connectivity index (χ3v) is 10.2. The van der Waals surface area contributed by atoms with Crippen molar-refractivity contribution in [2.75, 3.05) is 25.0 Å². The van der Waals surface area contributed by atoms with Crippen LogP contribution >= 0.6 is 27.3 Å². The highest BCUT2D eigenvalue weighted by molar-refractivity contribution is 9.10. The molecule has 1 fully saturated rings. The summed E-state index contributed by atoms with van der Waals surface area (Å²) in [7, 11) is -3.41. The van der Waals surface area contributed by atoms with E-state index >= 15 is 0 Å². The molecule has 0 radical (unpaired) electrons. The molecule has 4 rings (SSSR count). The molecule has 9 nitrogen and oxygen atoms in total. The van der Waals surface area contributed by atoms with Crippen LogP contribution in [0.15, 0.2) is 53.0 Å². The second-order valence-corrected chi connectivity index (χ2v) is 12.8. The van der Waals surface area contributed by atoms with Crippen molar-refractivity contribution in [2.24, 2.45) is 0 Å². The standard InChI is InChI=1S/C26H27BrN2O7S2/c1-16-4-2-5-17(12-16)15-38(34,35)29-10-8-19(9-11-29)28-20-7-3-6-18(13-20)24-22(27)23(36-14-21(30)31)25(37-24)26(32)33/h2-7,12-13,19,28H,8-11,14-15H2,1H3,(H,30,31)(H,32,33). The lowest BCUT2D eigenvalue weighted by Crippen LogP contribution is -2.42. The van der Waals surface area contributed by atoms with Gasteiger partial charge in [-0.2, -0.15) is 0 Å². The van der Waals surface area contributed by atoms with Crippen molar-refractivity contribution in [1.29, 1.82) is 0 Å². The maximum absolute atomic E-state index is 12.9. The van der Waals surface area contributed by atoms with E-state index < -0.39 is 28.6 Å². The Bertz CT molecular complexity index is 1450. The highest BCUT2D eigenvalue weighted by atomic mass is 79.9. The molecular formula is C26H27BrN2O7S2. The lowest BCUT2D eigenvalue weighted by molar-refractivity contribution is -0.139. The summed E-state index contributed by atoms with van der Waals surface area (Å²) in [5, 5.41) is 21.9. The number of carboxylic acids is 2. The Morgan fingerprint density at radius 1 is 1.13 bits per heavy atom. The molecule has 1 aliphatic heterocycles. The van der Waals surface area contributed by atoms with E-state index in [1.807, 2.05) is 55.5 Å². The number of nitrogens with one attached hydrogen (secondary N) is 1. The summed E-state index contributed by atoms with van der Waals surface area (Å²) in [6.07, 6.45) is 1.30. The Kier molecular flexibility index (Phi) is 8.76. The van der Waals surface area contributed by atoms with Crippen molar-refractivity contribution in [3.8, 4) is 16.2 Å². The van der Waals surface area contributed by atoms with Crippen LogP contribution < -0.4 is 10.1 Å². The zero-order valence-electron chi connectivity index (χ0n) is 20.5. The van der Waals surface area contributed by atoms with E-state index in [-0.39, 0.29) is 22.4 Å². The van der Waals surface area contributed by atoms with Gasteiger partial charge in [0.2, 0.25) is 10.0 Å². The molecule has 3 N–H and O–H groups in total. The van der Waals surface area contributed by atoms with E-state index in [1.165, 1.54) is 0 Å². The third kappa shape index (κ3) is 6.73. The van der Waals surface area contributed by atoms with Gasteiger partial charge in [-0.25, -0.2) is 22.3 Å². The van der Waals surface area contributed by atoms with Gasteiger partial charge in [0.15, 0.2) is 17.2 Å². The second kappa shape index (κ2) is 11.9. The number of carbonyl (C=O) groups is 2. The first-order chi connectivity index (χ1) is 18.0. The maximum Gasteiger partial charge on any atom is 0.349 e. The van der Waals surface area contributed by atoms with Crippen molar-refractivity contribution in [1.82, 2.24) is 4.31 Å². The molecule has 2 heterocycles. The predicted octanol–water partition coefficient (Wildman–Crippen LogP) is 5.05. The van der Waals surface area contributed by atoms with Crippen molar-refractivity contribution in [3.63, 3.8) is 0 Å². The highest BCUT2D eigenvalue weighted by Crippen LogP contribution is 2.46. The van der Waals surface area contributed by atoms with E-state index in [4.69, 9.17) is 9.84 Å². The molecule has 1 aliphatic rings. The number of halogens is 1. The minimum Gasteiger partial charge on any atom is -0.479 e. The molecule has 3 aromatic rings. The minimum atomic E-state index is -3.41. The monoisotopic (exact) mass is 622 g/mol. The molecular weight excluding hydrogens is 596 g/mol. The molecule has 1 saturated heterocycles. The van der Waals surface area contributed by atoms with Gasteiger partial charge < -0.3 is 20.3 Å². The number of hydrogen-bond acceptors (Lipinski definition) is 7. The van der Waals surface area contributed by atoms with E-state index in [1.54, 1.807) is 4.31 Å². The van der Waals surface area contributed by atoms with Gasteiger partial charge in [0.05, 0.1) is 15.1 Å². The van der Waals surface area contributed by atoms with Crippen LogP contribution in [0.25, 0.3) is 10.4 Å². The van der Waals surface area contributed by atoms with Gasteiger partial charge in [-0.15, -0.1) is 11.3 Å². The van der Waals surface area contributed by atoms with Crippen molar-refractivity contribution in [2.45, 2.75) is 31.6 Å².